The summed E-state index contributed by atoms with van der Waals surface area (Å²) in [4.78, 5) is 12.8. The van der Waals surface area contributed by atoms with Crippen LogP contribution in [-0.4, -0.2) is 24.1 Å². The first-order chi connectivity index (χ1) is 9.56. The third-order valence-electron chi connectivity index (χ3n) is 5.68. The fourth-order valence-corrected chi connectivity index (χ4v) is 4.15. The van der Waals surface area contributed by atoms with Crippen LogP contribution in [0.2, 0.25) is 0 Å². The maximum absolute atomic E-state index is 12.8. The minimum absolute atomic E-state index is 0.0736. The molecule has 0 spiro atoms. The van der Waals surface area contributed by atoms with Gasteiger partial charge in [-0.2, -0.15) is 0 Å². The lowest BCUT2D eigenvalue weighted by atomic mass is 9.82. The number of carbonyl (C=O) groups excluding carboxylic acids is 1. The molecule has 0 amide bonds. The van der Waals surface area contributed by atoms with Gasteiger partial charge in [0.1, 0.15) is 5.60 Å². The van der Waals surface area contributed by atoms with Crippen LogP contribution in [0.15, 0.2) is 30.3 Å². The second-order valence-electron chi connectivity index (χ2n) is 6.87. The topological polar surface area (TPSA) is 35.5 Å². The lowest BCUT2D eigenvalue weighted by Crippen LogP contribution is -2.53. The van der Waals surface area contributed by atoms with E-state index in [2.05, 4.69) is 6.92 Å². The Balaban J connectivity index is 1.56. The van der Waals surface area contributed by atoms with E-state index in [0.29, 0.717) is 19.1 Å². The van der Waals surface area contributed by atoms with Crippen LogP contribution >= 0.6 is 0 Å². The summed E-state index contributed by atoms with van der Waals surface area (Å²) in [7, 11) is 0. The molecule has 20 heavy (non-hydrogen) atoms. The van der Waals surface area contributed by atoms with E-state index in [4.69, 9.17) is 9.47 Å². The second-order valence-corrected chi connectivity index (χ2v) is 6.87. The van der Waals surface area contributed by atoms with E-state index < -0.39 is 5.60 Å². The number of ketones is 1. The smallest absolute Gasteiger partial charge is 0.171 e. The molecule has 2 aliphatic carbocycles. The molecule has 106 valence electrons. The first-order valence-corrected chi connectivity index (χ1v) is 7.39. The van der Waals surface area contributed by atoms with Crippen LogP contribution in [-0.2, 0) is 20.9 Å². The van der Waals surface area contributed by atoms with Crippen molar-refractivity contribution >= 4 is 5.78 Å². The van der Waals surface area contributed by atoms with Crippen molar-refractivity contribution in [3.05, 3.63) is 35.9 Å². The predicted octanol–water partition coefficient (Wildman–Crippen LogP) is 2.59. The minimum Gasteiger partial charge on any atom is -0.374 e. The van der Waals surface area contributed by atoms with E-state index in [0.717, 1.165) is 12.0 Å². The highest BCUT2D eigenvalue weighted by atomic mass is 16.6. The largest absolute Gasteiger partial charge is 0.374 e. The molecule has 0 radical (unpaired) electrons. The molecule has 5 atom stereocenters. The summed E-state index contributed by atoms with van der Waals surface area (Å²) in [6.07, 6.45) is 0.897. The molecule has 2 bridgehead atoms. The van der Waals surface area contributed by atoms with Gasteiger partial charge < -0.3 is 9.47 Å². The van der Waals surface area contributed by atoms with Crippen LogP contribution in [0, 0.1) is 17.3 Å². The molecule has 3 heteroatoms. The fraction of sp³-hybridized carbons (Fsp3) is 0.588. The lowest BCUT2D eigenvalue weighted by Gasteiger charge is -2.39. The van der Waals surface area contributed by atoms with Crippen molar-refractivity contribution in [1.82, 2.24) is 0 Å². The van der Waals surface area contributed by atoms with E-state index in [1.165, 1.54) is 0 Å². The summed E-state index contributed by atoms with van der Waals surface area (Å²) < 4.78 is 12.0. The molecular formula is C17H20O3. The van der Waals surface area contributed by atoms with Gasteiger partial charge in [0.2, 0.25) is 0 Å². The molecule has 3 aliphatic rings. The molecule has 3 fully saturated rings. The van der Waals surface area contributed by atoms with Crippen LogP contribution in [0.25, 0.3) is 0 Å². The molecule has 0 aromatic heterocycles. The molecule has 1 aromatic rings. The monoisotopic (exact) mass is 272 g/mol. The van der Waals surface area contributed by atoms with Crippen molar-refractivity contribution in [3.8, 4) is 0 Å². The summed E-state index contributed by atoms with van der Waals surface area (Å²) in [6.45, 7) is 5.28. The molecule has 4 unspecified atom stereocenters. The number of fused-ring (bicyclic) bond motifs is 2. The average Bonchev–Trinajstić information content (AvgIpc) is 3.10. The van der Waals surface area contributed by atoms with Crippen LogP contribution in [0.3, 0.4) is 0 Å². The van der Waals surface area contributed by atoms with E-state index in [9.17, 15) is 4.79 Å². The van der Waals surface area contributed by atoms with Gasteiger partial charge in [-0.05, 0) is 24.8 Å². The van der Waals surface area contributed by atoms with E-state index in [1.807, 2.05) is 37.3 Å². The van der Waals surface area contributed by atoms with Gasteiger partial charge in [-0.1, -0.05) is 37.3 Å². The summed E-state index contributed by atoms with van der Waals surface area (Å²) >= 11 is 0. The van der Waals surface area contributed by atoms with Crippen LogP contribution in [0.4, 0.5) is 0 Å². The Labute approximate surface area is 119 Å². The third kappa shape index (κ3) is 1.51. The van der Waals surface area contributed by atoms with E-state index in [-0.39, 0.29) is 23.2 Å². The van der Waals surface area contributed by atoms with Crippen LogP contribution < -0.4 is 0 Å². The van der Waals surface area contributed by atoms with Gasteiger partial charge in [0.25, 0.3) is 0 Å². The molecule has 1 saturated heterocycles. The van der Waals surface area contributed by atoms with Gasteiger partial charge in [0.05, 0.1) is 19.3 Å². The Hall–Kier alpha value is -1.19. The van der Waals surface area contributed by atoms with Gasteiger partial charge in [0.15, 0.2) is 5.78 Å². The molecule has 0 N–H and O–H groups in total. The van der Waals surface area contributed by atoms with E-state index >= 15 is 0 Å². The van der Waals surface area contributed by atoms with Crippen molar-refractivity contribution in [1.29, 1.82) is 0 Å². The number of ether oxygens (including phenoxy) is 2. The first kappa shape index (κ1) is 12.5. The number of Topliss-reactive ketones (excluding diaryl/α,β-unsaturated/α-hetero) is 1. The lowest BCUT2D eigenvalue weighted by molar-refractivity contribution is -0.180. The highest BCUT2D eigenvalue weighted by Crippen LogP contribution is 2.68. The summed E-state index contributed by atoms with van der Waals surface area (Å²) in [5, 5.41) is 0. The number of benzene rings is 1. The summed E-state index contributed by atoms with van der Waals surface area (Å²) in [6, 6.07) is 10.0. The normalized spacial score (nSPS) is 45.3. The van der Waals surface area contributed by atoms with Gasteiger partial charge in [-0.3, -0.25) is 4.79 Å². The SMILES string of the molecule is CC12COC3CC1C2C(=O)[C@@]3(C)OCc1ccccc1. The highest BCUT2D eigenvalue weighted by molar-refractivity contribution is 5.95. The van der Waals surface area contributed by atoms with Crippen molar-refractivity contribution in [2.75, 3.05) is 6.61 Å². The first-order valence-electron chi connectivity index (χ1n) is 7.39. The van der Waals surface area contributed by atoms with Gasteiger partial charge in [-0.15, -0.1) is 0 Å². The number of hydrogen-bond donors (Lipinski definition) is 0. The van der Waals surface area contributed by atoms with Crippen molar-refractivity contribution in [2.24, 2.45) is 17.3 Å². The maximum atomic E-state index is 12.8. The summed E-state index contributed by atoms with van der Waals surface area (Å²) in [5.41, 5.74) is 0.410. The molecular weight excluding hydrogens is 252 g/mol. The number of carbonyl (C=O) groups is 1. The Morgan fingerprint density at radius 2 is 2.05 bits per heavy atom. The standard InChI is InChI=1S/C17H20O3/c1-16-10-19-13-8-12(16)14(16)15(18)17(13,2)20-9-11-6-4-3-5-7-11/h3-7,12-14H,8-10H2,1-2H3/t12?,13?,14?,16?,17-/m0/s1. The molecule has 1 heterocycles. The Morgan fingerprint density at radius 1 is 1.30 bits per heavy atom. The Morgan fingerprint density at radius 3 is 2.80 bits per heavy atom. The van der Waals surface area contributed by atoms with Crippen molar-refractivity contribution in [2.45, 2.75) is 38.6 Å². The van der Waals surface area contributed by atoms with Crippen molar-refractivity contribution in [3.63, 3.8) is 0 Å². The zero-order valence-corrected chi connectivity index (χ0v) is 12.0. The van der Waals surface area contributed by atoms with Gasteiger partial charge in [0, 0.05) is 11.3 Å². The molecule has 4 rings (SSSR count). The van der Waals surface area contributed by atoms with Gasteiger partial charge in [-0.25, -0.2) is 0 Å². The van der Waals surface area contributed by atoms with E-state index in [1.54, 1.807) is 0 Å². The average molecular weight is 272 g/mol. The molecule has 2 saturated carbocycles. The molecule has 3 nitrogen and oxygen atoms in total. The zero-order chi connectivity index (χ0) is 14.0. The second kappa shape index (κ2) is 3.92. The fourth-order valence-electron chi connectivity index (χ4n) is 4.15. The predicted molar refractivity (Wildman–Crippen MR) is 74.1 cm³/mol. The van der Waals surface area contributed by atoms with Crippen molar-refractivity contribution < 1.29 is 14.3 Å². The van der Waals surface area contributed by atoms with Crippen LogP contribution in [0.1, 0.15) is 25.8 Å². The zero-order valence-electron chi connectivity index (χ0n) is 12.0. The third-order valence-corrected chi connectivity index (χ3v) is 5.68. The summed E-state index contributed by atoms with van der Waals surface area (Å²) in [5.74, 6) is 0.943. The Bertz CT molecular complexity index is 555. The Kier molecular flexibility index (Phi) is 2.46. The van der Waals surface area contributed by atoms with Gasteiger partial charge >= 0.3 is 0 Å². The molecule has 1 aliphatic heterocycles. The minimum atomic E-state index is -0.773. The number of rotatable bonds is 3. The van der Waals surface area contributed by atoms with Crippen LogP contribution in [0.5, 0.6) is 0 Å². The maximum Gasteiger partial charge on any atom is 0.171 e. The number of hydrogen-bond acceptors (Lipinski definition) is 3. The highest BCUT2D eigenvalue weighted by Gasteiger charge is 2.75. The quantitative estimate of drug-likeness (QED) is 0.848. The molecule has 1 aromatic carbocycles.